The van der Waals surface area contributed by atoms with E-state index >= 15 is 0 Å². The van der Waals surface area contributed by atoms with Gasteiger partial charge in [0.05, 0.1) is 0 Å². The molecule has 82 valence electrons. The maximum absolute atomic E-state index is 2.19. The van der Waals surface area contributed by atoms with Crippen LogP contribution in [0.2, 0.25) is 0 Å². The van der Waals surface area contributed by atoms with Crippen LogP contribution in [0.5, 0.6) is 0 Å². The molecule has 0 N–H and O–H groups in total. The fourth-order valence-corrected chi connectivity index (χ4v) is 4.43. The summed E-state index contributed by atoms with van der Waals surface area (Å²) in [6, 6.07) is 0. The summed E-state index contributed by atoms with van der Waals surface area (Å²) in [7, 11) is 0. The molecule has 0 atom stereocenters. The number of hydrogen-bond donors (Lipinski definition) is 0. The summed E-state index contributed by atoms with van der Waals surface area (Å²) in [6.07, 6.45) is 8.58. The van der Waals surface area contributed by atoms with E-state index in [0.29, 0.717) is 0 Å². The minimum Gasteiger partial charge on any atom is -0.133 e. The average Bonchev–Trinajstić information content (AvgIpc) is 2.23. The maximum atomic E-state index is 2.19. The second-order valence-electron chi connectivity index (χ2n) is 2.59. The van der Waals surface area contributed by atoms with Crippen LogP contribution < -0.4 is 0 Å². The van der Waals surface area contributed by atoms with Crippen LogP contribution in [0.25, 0.3) is 0 Å². The molecule has 14 heavy (non-hydrogen) atoms. The first-order valence-electron chi connectivity index (χ1n) is 4.20. The van der Waals surface area contributed by atoms with E-state index in [1.807, 2.05) is 47.0 Å². The molecule has 0 rings (SSSR count). The zero-order valence-electron chi connectivity index (χ0n) is 9.63. The van der Waals surface area contributed by atoms with Crippen LogP contribution in [0.1, 0.15) is 13.8 Å². The number of hydrogen-bond acceptors (Lipinski definition) is 4. The first-order valence-corrected chi connectivity index (χ1v) is 9.10. The van der Waals surface area contributed by atoms with Gasteiger partial charge in [0, 0.05) is 9.81 Å². The lowest BCUT2D eigenvalue weighted by Gasteiger charge is -2.13. The molecule has 0 spiro atoms. The predicted octanol–water partition coefficient (Wildman–Crippen LogP) is 4.90. The molecule has 0 radical (unpaired) electrons. The van der Waals surface area contributed by atoms with E-state index in [0.717, 1.165) is 0 Å². The minimum atomic E-state index is 1.41. The van der Waals surface area contributed by atoms with Crippen LogP contribution in [0.3, 0.4) is 0 Å². The Morgan fingerprint density at radius 3 is 1.00 bits per heavy atom. The van der Waals surface area contributed by atoms with E-state index in [1.54, 1.807) is 0 Å². The van der Waals surface area contributed by atoms with Crippen LogP contribution in [-0.4, -0.2) is 25.0 Å². The Hall–Kier alpha value is 0.880. The molecule has 0 saturated carbocycles. The quantitative estimate of drug-likeness (QED) is 0.649. The number of thioether (sulfide) groups is 4. The van der Waals surface area contributed by atoms with Gasteiger partial charge >= 0.3 is 0 Å². The first-order chi connectivity index (χ1) is 6.62. The van der Waals surface area contributed by atoms with Gasteiger partial charge in [0.15, 0.2) is 0 Å². The van der Waals surface area contributed by atoms with Gasteiger partial charge in [0.25, 0.3) is 0 Å². The molecule has 0 heterocycles. The van der Waals surface area contributed by atoms with Crippen molar-refractivity contribution in [1.82, 2.24) is 0 Å². The molecule has 0 aliphatic carbocycles. The summed E-state index contributed by atoms with van der Waals surface area (Å²) >= 11 is 7.35. The van der Waals surface area contributed by atoms with Crippen LogP contribution in [-0.2, 0) is 0 Å². The topological polar surface area (TPSA) is 0 Å². The van der Waals surface area contributed by atoms with Gasteiger partial charge in [-0.25, -0.2) is 0 Å². The van der Waals surface area contributed by atoms with Gasteiger partial charge in [0.2, 0.25) is 0 Å². The van der Waals surface area contributed by atoms with E-state index in [1.165, 1.54) is 19.6 Å². The second-order valence-corrected chi connectivity index (χ2v) is 6.26. The van der Waals surface area contributed by atoms with Gasteiger partial charge in [-0.15, -0.1) is 47.0 Å². The van der Waals surface area contributed by atoms with Gasteiger partial charge in [-0.05, 0) is 48.7 Å². The largest absolute Gasteiger partial charge is 0.133 e. The molecule has 0 aliphatic rings. The molecule has 0 saturated heterocycles. The van der Waals surface area contributed by atoms with E-state index in [9.17, 15) is 0 Å². The van der Waals surface area contributed by atoms with Crippen LogP contribution in [0, 0.1) is 0 Å². The summed E-state index contributed by atoms with van der Waals surface area (Å²) in [5.74, 6) is 0. The fraction of sp³-hybridized carbons (Fsp3) is 0.600. The van der Waals surface area contributed by atoms with Crippen molar-refractivity contribution in [2.45, 2.75) is 13.8 Å². The third-order valence-corrected chi connectivity index (χ3v) is 5.72. The average molecular weight is 267 g/mol. The molecule has 0 aromatic rings. The summed E-state index contributed by atoms with van der Waals surface area (Å²) < 4.78 is 0. The molecule has 0 amide bonds. The molecule has 0 aromatic carbocycles. The molecule has 0 aliphatic heterocycles. The van der Waals surface area contributed by atoms with Crippen molar-refractivity contribution >= 4 is 47.0 Å². The Kier molecular flexibility index (Phi) is 8.59. The SMILES string of the molecule is CS/C(C)=C(SC)/C(SC)=C(\C)SC. The molecule has 0 bridgehead atoms. The van der Waals surface area contributed by atoms with E-state index in [-0.39, 0.29) is 0 Å². The van der Waals surface area contributed by atoms with E-state index in [2.05, 4.69) is 38.9 Å². The molecule has 0 aromatic heterocycles. The lowest BCUT2D eigenvalue weighted by molar-refractivity contribution is 1.57. The Labute approximate surface area is 105 Å². The van der Waals surface area contributed by atoms with Crippen LogP contribution in [0.15, 0.2) is 19.6 Å². The highest BCUT2D eigenvalue weighted by Gasteiger charge is 2.09. The summed E-state index contributed by atoms with van der Waals surface area (Å²) in [6.45, 7) is 4.39. The highest BCUT2D eigenvalue weighted by Crippen LogP contribution is 2.39. The van der Waals surface area contributed by atoms with E-state index in [4.69, 9.17) is 0 Å². The van der Waals surface area contributed by atoms with Crippen molar-refractivity contribution in [2.24, 2.45) is 0 Å². The van der Waals surface area contributed by atoms with Crippen LogP contribution in [0.4, 0.5) is 0 Å². The smallest absolute Gasteiger partial charge is 0.0305 e. The Balaban J connectivity index is 5.19. The lowest BCUT2D eigenvalue weighted by atomic mass is 10.4. The van der Waals surface area contributed by atoms with Crippen molar-refractivity contribution in [3.8, 4) is 0 Å². The van der Waals surface area contributed by atoms with Crippen molar-refractivity contribution in [3.63, 3.8) is 0 Å². The zero-order chi connectivity index (χ0) is 11.1. The summed E-state index contributed by atoms with van der Waals surface area (Å²) in [5, 5.41) is 0. The highest BCUT2D eigenvalue weighted by molar-refractivity contribution is 8.10. The zero-order valence-corrected chi connectivity index (χ0v) is 12.9. The number of rotatable bonds is 5. The minimum absolute atomic E-state index is 1.41. The third-order valence-electron chi connectivity index (χ3n) is 1.87. The standard InChI is InChI=1S/C10H18S4/c1-7(11-3)9(13-5)10(14-6)8(2)12-4/h1-6H3/b9-7-,10-8-. The number of allylic oxidation sites excluding steroid dienone is 2. The Morgan fingerprint density at radius 2 is 0.857 bits per heavy atom. The Bertz CT molecular complexity index is 215. The monoisotopic (exact) mass is 266 g/mol. The normalized spacial score (nSPS) is 15.0. The van der Waals surface area contributed by atoms with Gasteiger partial charge < -0.3 is 0 Å². The van der Waals surface area contributed by atoms with Crippen molar-refractivity contribution in [2.75, 3.05) is 25.0 Å². The molecule has 4 heteroatoms. The van der Waals surface area contributed by atoms with Crippen molar-refractivity contribution in [3.05, 3.63) is 19.6 Å². The van der Waals surface area contributed by atoms with Gasteiger partial charge in [-0.1, -0.05) is 0 Å². The van der Waals surface area contributed by atoms with Crippen molar-refractivity contribution in [1.29, 1.82) is 0 Å². The molecule has 0 unspecified atom stereocenters. The molecule has 0 fully saturated rings. The lowest BCUT2D eigenvalue weighted by Crippen LogP contribution is -1.87. The molecular formula is C10H18S4. The molecular weight excluding hydrogens is 248 g/mol. The predicted molar refractivity (Wildman–Crippen MR) is 79.5 cm³/mol. The third kappa shape index (κ3) is 4.17. The van der Waals surface area contributed by atoms with Gasteiger partial charge in [-0.2, -0.15) is 0 Å². The fourth-order valence-electron chi connectivity index (χ4n) is 0.978. The van der Waals surface area contributed by atoms with Crippen LogP contribution >= 0.6 is 47.0 Å². The van der Waals surface area contributed by atoms with Gasteiger partial charge in [0.1, 0.15) is 0 Å². The summed E-state index contributed by atoms with van der Waals surface area (Å²) in [5.41, 5.74) is 0. The summed E-state index contributed by atoms with van der Waals surface area (Å²) in [4.78, 5) is 5.68. The Morgan fingerprint density at radius 1 is 0.571 bits per heavy atom. The van der Waals surface area contributed by atoms with Crippen molar-refractivity contribution < 1.29 is 0 Å². The second kappa shape index (κ2) is 8.08. The highest BCUT2D eigenvalue weighted by atomic mass is 32.2. The maximum Gasteiger partial charge on any atom is 0.0305 e. The van der Waals surface area contributed by atoms with E-state index < -0.39 is 0 Å². The first kappa shape index (κ1) is 14.9. The molecule has 0 nitrogen and oxygen atoms in total. The van der Waals surface area contributed by atoms with Gasteiger partial charge in [-0.3, -0.25) is 0 Å².